The molecule has 3 rings (SSSR count). The summed E-state index contributed by atoms with van der Waals surface area (Å²) in [5, 5.41) is 6.73. The number of aromatic nitrogens is 2. The van der Waals surface area contributed by atoms with E-state index in [2.05, 4.69) is 27.2 Å². The summed E-state index contributed by atoms with van der Waals surface area (Å²) < 4.78 is 0. The Hall–Kier alpha value is -2.66. The molecule has 0 bridgehead atoms. The lowest BCUT2D eigenvalue weighted by molar-refractivity contribution is 1.06. The molecule has 1 aromatic heterocycles. The Kier molecular flexibility index (Phi) is 4.16. The average Bonchev–Trinajstić information content (AvgIpc) is 2.97. The topological polar surface area (TPSA) is 52.7 Å². The van der Waals surface area contributed by atoms with Crippen LogP contribution in [-0.4, -0.2) is 21.6 Å². The number of aromatic amines is 1. The van der Waals surface area contributed by atoms with Gasteiger partial charge in [-0.05, 0) is 48.6 Å². The quantitative estimate of drug-likeness (QED) is 0.508. The molecule has 0 radical (unpaired) electrons. The van der Waals surface area contributed by atoms with Gasteiger partial charge in [0.1, 0.15) is 5.82 Å². The van der Waals surface area contributed by atoms with E-state index in [1.807, 2.05) is 48.5 Å². The van der Waals surface area contributed by atoms with E-state index in [0.717, 1.165) is 28.1 Å². The predicted octanol–water partition coefficient (Wildman–Crippen LogP) is 3.70. The second kappa shape index (κ2) is 6.41. The van der Waals surface area contributed by atoms with Crippen LogP contribution in [0.4, 0.5) is 5.69 Å². The second-order valence-corrected chi connectivity index (χ2v) is 5.21. The lowest BCUT2D eigenvalue weighted by Crippen LogP contribution is -2.28. The number of nitrogens with zero attached hydrogens (tertiary/aromatic N) is 1. The average molecular weight is 308 g/mol. The number of hydrogen-bond donors (Lipinski definition) is 3. The molecule has 0 atom stereocenters. The van der Waals surface area contributed by atoms with Crippen LogP contribution in [0, 0.1) is 0 Å². The molecule has 3 aromatic rings. The number of H-pyrrole nitrogens is 1. The molecular weight excluding hydrogens is 292 g/mol. The lowest BCUT2D eigenvalue weighted by atomic mass is 10.2. The van der Waals surface area contributed by atoms with Crippen LogP contribution < -0.4 is 10.6 Å². The molecule has 0 amide bonds. The standard InChI is InChI=1S/C17H16N4S/c1-2-11-18-17(22)19-13-9-7-12(8-10-13)16-20-14-5-3-4-6-15(14)21-16/h2-10H,1,11H2,(H,20,21)(H2,18,19,22). The second-order valence-electron chi connectivity index (χ2n) is 4.80. The summed E-state index contributed by atoms with van der Waals surface area (Å²) in [7, 11) is 0. The first kappa shape index (κ1) is 14.3. The number of anilines is 1. The van der Waals surface area contributed by atoms with Gasteiger partial charge in [0.2, 0.25) is 0 Å². The zero-order chi connectivity index (χ0) is 15.4. The van der Waals surface area contributed by atoms with Crippen LogP contribution in [0.2, 0.25) is 0 Å². The molecule has 0 unspecified atom stereocenters. The zero-order valence-electron chi connectivity index (χ0n) is 12.0. The van der Waals surface area contributed by atoms with Crippen LogP contribution >= 0.6 is 12.2 Å². The SMILES string of the molecule is C=CCNC(=S)Nc1ccc(-c2nc3ccccc3[nH]2)cc1. The fourth-order valence-corrected chi connectivity index (χ4v) is 2.34. The minimum Gasteiger partial charge on any atom is -0.359 e. The van der Waals surface area contributed by atoms with Crippen molar-refractivity contribution < 1.29 is 0 Å². The van der Waals surface area contributed by atoms with Gasteiger partial charge < -0.3 is 15.6 Å². The van der Waals surface area contributed by atoms with Crippen LogP contribution in [0.3, 0.4) is 0 Å². The third-order valence-electron chi connectivity index (χ3n) is 3.21. The Morgan fingerprint density at radius 1 is 1.18 bits per heavy atom. The minimum absolute atomic E-state index is 0.580. The van der Waals surface area contributed by atoms with Gasteiger partial charge in [-0.1, -0.05) is 18.2 Å². The molecule has 0 aliphatic heterocycles. The maximum atomic E-state index is 5.18. The summed E-state index contributed by atoms with van der Waals surface area (Å²) in [5.41, 5.74) is 3.97. The highest BCUT2D eigenvalue weighted by Gasteiger charge is 2.05. The van der Waals surface area contributed by atoms with Crippen molar-refractivity contribution in [2.45, 2.75) is 0 Å². The monoisotopic (exact) mass is 308 g/mol. The molecule has 22 heavy (non-hydrogen) atoms. The van der Waals surface area contributed by atoms with Crippen molar-refractivity contribution in [1.82, 2.24) is 15.3 Å². The van der Waals surface area contributed by atoms with Crippen molar-refractivity contribution in [2.75, 3.05) is 11.9 Å². The summed E-state index contributed by atoms with van der Waals surface area (Å²) in [5.74, 6) is 0.861. The molecule has 0 spiro atoms. The van der Waals surface area contributed by atoms with Gasteiger partial charge in [-0.25, -0.2) is 4.98 Å². The van der Waals surface area contributed by atoms with Crippen molar-refractivity contribution in [3.8, 4) is 11.4 Å². The first-order chi connectivity index (χ1) is 10.8. The third-order valence-corrected chi connectivity index (χ3v) is 3.46. The first-order valence-corrected chi connectivity index (χ1v) is 7.38. The molecule has 0 saturated heterocycles. The fraction of sp³-hybridized carbons (Fsp3) is 0.0588. The van der Waals surface area contributed by atoms with Gasteiger partial charge in [-0.15, -0.1) is 6.58 Å². The van der Waals surface area contributed by atoms with Gasteiger partial charge in [0.25, 0.3) is 0 Å². The molecular formula is C17H16N4S. The number of para-hydroxylation sites is 2. The van der Waals surface area contributed by atoms with E-state index in [-0.39, 0.29) is 0 Å². The minimum atomic E-state index is 0.580. The van der Waals surface area contributed by atoms with E-state index in [0.29, 0.717) is 11.7 Å². The van der Waals surface area contributed by atoms with E-state index in [9.17, 15) is 0 Å². The van der Waals surface area contributed by atoms with Crippen LogP contribution in [0.25, 0.3) is 22.4 Å². The molecule has 1 heterocycles. The van der Waals surface area contributed by atoms with Crippen molar-refractivity contribution in [3.05, 3.63) is 61.2 Å². The van der Waals surface area contributed by atoms with Crippen LogP contribution in [0.15, 0.2) is 61.2 Å². The Morgan fingerprint density at radius 2 is 1.95 bits per heavy atom. The van der Waals surface area contributed by atoms with Crippen molar-refractivity contribution in [1.29, 1.82) is 0 Å². The maximum absolute atomic E-state index is 5.18. The normalized spacial score (nSPS) is 10.4. The first-order valence-electron chi connectivity index (χ1n) is 6.97. The number of benzene rings is 2. The van der Waals surface area contributed by atoms with Gasteiger partial charge >= 0.3 is 0 Å². The summed E-state index contributed by atoms with van der Waals surface area (Å²) in [6.07, 6.45) is 1.76. The third kappa shape index (κ3) is 3.15. The van der Waals surface area contributed by atoms with Crippen LogP contribution in [0.5, 0.6) is 0 Å². The molecule has 0 saturated carbocycles. The summed E-state index contributed by atoms with van der Waals surface area (Å²) in [6, 6.07) is 16.0. The van der Waals surface area contributed by atoms with Crippen molar-refractivity contribution in [2.24, 2.45) is 0 Å². The molecule has 110 valence electrons. The Morgan fingerprint density at radius 3 is 2.68 bits per heavy atom. The molecule has 3 N–H and O–H groups in total. The number of rotatable bonds is 4. The predicted molar refractivity (Wildman–Crippen MR) is 96.0 cm³/mol. The van der Waals surface area contributed by atoms with Crippen LogP contribution in [-0.2, 0) is 0 Å². The fourth-order valence-electron chi connectivity index (χ4n) is 2.14. The van der Waals surface area contributed by atoms with Gasteiger partial charge in [-0.3, -0.25) is 0 Å². The highest BCUT2D eigenvalue weighted by Crippen LogP contribution is 2.21. The van der Waals surface area contributed by atoms with E-state index in [1.54, 1.807) is 6.08 Å². The highest BCUT2D eigenvalue weighted by atomic mass is 32.1. The molecule has 0 fully saturated rings. The number of imidazole rings is 1. The molecule has 5 heteroatoms. The van der Waals surface area contributed by atoms with Gasteiger partial charge in [-0.2, -0.15) is 0 Å². The Bertz CT molecular complexity index is 772. The van der Waals surface area contributed by atoms with Gasteiger partial charge in [0, 0.05) is 17.8 Å². The number of thiocarbonyl (C=S) groups is 1. The lowest BCUT2D eigenvalue weighted by Gasteiger charge is -2.09. The number of nitrogens with one attached hydrogen (secondary N) is 3. The zero-order valence-corrected chi connectivity index (χ0v) is 12.8. The Labute approximate surface area is 134 Å². The van der Waals surface area contributed by atoms with Crippen LogP contribution in [0.1, 0.15) is 0 Å². The Balaban J connectivity index is 1.76. The number of hydrogen-bond acceptors (Lipinski definition) is 2. The van der Waals surface area contributed by atoms with Gasteiger partial charge in [0.15, 0.2) is 5.11 Å². The van der Waals surface area contributed by atoms with E-state index in [4.69, 9.17) is 12.2 Å². The molecule has 2 aromatic carbocycles. The van der Waals surface area contributed by atoms with E-state index < -0.39 is 0 Å². The smallest absolute Gasteiger partial charge is 0.171 e. The summed E-state index contributed by atoms with van der Waals surface area (Å²) in [6.45, 7) is 4.28. The van der Waals surface area contributed by atoms with Crippen molar-refractivity contribution in [3.63, 3.8) is 0 Å². The molecule has 4 nitrogen and oxygen atoms in total. The summed E-state index contributed by atoms with van der Waals surface area (Å²) >= 11 is 5.18. The molecule has 0 aliphatic rings. The number of fused-ring (bicyclic) bond motifs is 1. The summed E-state index contributed by atoms with van der Waals surface area (Å²) in [4.78, 5) is 7.91. The van der Waals surface area contributed by atoms with Crippen molar-refractivity contribution >= 4 is 34.1 Å². The van der Waals surface area contributed by atoms with Gasteiger partial charge in [0.05, 0.1) is 11.0 Å². The molecule has 0 aliphatic carbocycles. The maximum Gasteiger partial charge on any atom is 0.171 e. The largest absolute Gasteiger partial charge is 0.359 e. The van der Waals surface area contributed by atoms with E-state index >= 15 is 0 Å². The highest BCUT2D eigenvalue weighted by molar-refractivity contribution is 7.80. The van der Waals surface area contributed by atoms with E-state index in [1.165, 1.54) is 0 Å².